The first-order chi connectivity index (χ1) is 7.70. The number of carbonyl (C=O) groups is 1. The number of hydrogen-bond acceptors (Lipinski definition) is 6. The third-order valence-corrected chi connectivity index (χ3v) is 3.45. The molecule has 0 radical (unpaired) electrons. The standard InChI is InChI=1S/C8H12N4O3S/c1-15-6-2-5(3-6)12-8(9-10-11-12)16-4-7(13)14/h5-6H,2-4H2,1H3,(H,13,14). The number of methoxy groups -OCH3 is 1. The zero-order valence-corrected chi connectivity index (χ0v) is 9.55. The largest absolute Gasteiger partial charge is 0.481 e. The molecule has 8 heteroatoms. The summed E-state index contributed by atoms with van der Waals surface area (Å²) in [6.45, 7) is 0. The Kier molecular flexibility index (Phi) is 3.39. The van der Waals surface area contributed by atoms with Gasteiger partial charge in [0, 0.05) is 7.11 Å². The topological polar surface area (TPSA) is 90.1 Å². The molecule has 0 bridgehead atoms. The number of tetrazole rings is 1. The summed E-state index contributed by atoms with van der Waals surface area (Å²) in [5.41, 5.74) is 0. The fourth-order valence-electron chi connectivity index (χ4n) is 1.57. The van der Waals surface area contributed by atoms with E-state index in [1.54, 1.807) is 11.8 Å². The summed E-state index contributed by atoms with van der Waals surface area (Å²) >= 11 is 1.13. The van der Waals surface area contributed by atoms with Gasteiger partial charge in [-0.2, -0.15) is 0 Å². The van der Waals surface area contributed by atoms with Crippen molar-refractivity contribution < 1.29 is 14.6 Å². The van der Waals surface area contributed by atoms with Gasteiger partial charge < -0.3 is 9.84 Å². The van der Waals surface area contributed by atoms with Crippen LogP contribution >= 0.6 is 11.8 Å². The predicted molar refractivity (Wildman–Crippen MR) is 55.2 cm³/mol. The summed E-state index contributed by atoms with van der Waals surface area (Å²) in [4.78, 5) is 10.4. The van der Waals surface area contributed by atoms with Crippen molar-refractivity contribution in [3.8, 4) is 0 Å². The first kappa shape index (κ1) is 11.3. The summed E-state index contributed by atoms with van der Waals surface area (Å²) in [6.07, 6.45) is 2.02. The summed E-state index contributed by atoms with van der Waals surface area (Å²) in [6, 6.07) is 0.233. The van der Waals surface area contributed by atoms with Crippen LogP contribution in [0.25, 0.3) is 0 Å². The van der Waals surface area contributed by atoms with Crippen molar-refractivity contribution >= 4 is 17.7 Å². The number of carboxylic acid groups (broad SMARTS) is 1. The van der Waals surface area contributed by atoms with Crippen molar-refractivity contribution in [2.45, 2.75) is 30.1 Å². The maximum absolute atomic E-state index is 10.4. The molecule has 0 saturated heterocycles. The van der Waals surface area contributed by atoms with E-state index < -0.39 is 5.97 Å². The van der Waals surface area contributed by atoms with Crippen LogP contribution in [0, 0.1) is 0 Å². The molecule has 0 unspecified atom stereocenters. The van der Waals surface area contributed by atoms with Gasteiger partial charge in [0.15, 0.2) is 0 Å². The highest BCUT2D eigenvalue weighted by Gasteiger charge is 2.33. The Balaban J connectivity index is 1.95. The van der Waals surface area contributed by atoms with Crippen LogP contribution in [0.4, 0.5) is 0 Å². The molecule has 1 saturated carbocycles. The SMILES string of the molecule is COC1CC(n2nnnc2SCC(=O)O)C1. The second-order valence-electron chi connectivity index (χ2n) is 3.57. The van der Waals surface area contributed by atoms with Gasteiger partial charge in [0.05, 0.1) is 17.9 Å². The average Bonchev–Trinajstić information content (AvgIpc) is 2.61. The Labute approximate surface area is 96.2 Å². The fraction of sp³-hybridized carbons (Fsp3) is 0.750. The molecule has 1 N–H and O–H groups in total. The molecule has 0 atom stereocenters. The highest BCUT2D eigenvalue weighted by molar-refractivity contribution is 7.99. The van der Waals surface area contributed by atoms with Crippen molar-refractivity contribution in [2.24, 2.45) is 0 Å². The van der Waals surface area contributed by atoms with Crippen molar-refractivity contribution in [3.63, 3.8) is 0 Å². The number of aliphatic carboxylic acids is 1. The third-order valence-electron chi connectivity index (χ3n) is 2.54. The molecule has 0 amide bonds. The fourth-order valence-corrected chi connectivity index (χ4v) is 2.23. The molecule has 1 heterocycles. The Bertz CT molecular complexity index is 377. The minimum absolute atomic E-state index is 0.0270. The molecule has 0 spiro atoms. The Morgan fingerprint density at radius 3 is 3.06 bits per heavy atom. The number of hydrogen-bond donors (Lipinski definition) is 1. The van der Waals surface area contributed by atoms with Crippen LogP contribution in [0.5, 0.6) is 0 Å². The molecule has 1 aliphatic carbocycles. The van der Waals surface area contributed by atoms with Crippen LogP contribution in [-0.4, -0.2) is 50.2 Å². The summed E-state index contributed by atoms with van der Waals surface area (Å²) in [5, 5.41) is 20.4. The molecule has 88 valence electrons. The van der Waals surface area contributed by atoms with E-state index in [-0.39, 0.29) is 17.9 Å². The van der Waals surface area contributed by atoms with E-state index in [9.17, 15) is 4.79 Å². The van der Waals surface area contributed by atoms with Gasteiger partial charge in [0.25, 0.3) is 0 Å². The van der Waals surface area contributed by atoms with Gasteiger partial charge in [-0.3, -0.25) is 4.79 Å². The van der Waals surface area contributed by atoms with Crippen LogP contribution < -0.4 is 0 Å². The lowest BCUT2D eigenvalue weighted by Crippen LogP contribution is -2.33. The van der Waals surface area contributed by atoms with Crippen molar-refractivity contribution in [1.82, 2.24) is 20.2 Å². The molecule has 1 aromatic rings. The molecule has 1 fully saturated rings. The highest BCUT2D eigenvalue weighted by atomic mass is 32.2. The minimum atomic E-state index is -0.872. The van der Waals surface area contributed by atoms with Crippen LogP contribution in [0.1, 0.15) is 18.9 Å². The minimum Gasteiger partial charge on any atom is -0.481 e. The maximum Gasteiger partial charge on any atom is 0.313 e. The van der Waals surface area contributed by atoms with Crippen molar-refractivity contribution in [1.29, 1.82) is 0 Å². The van der Waals surface area contributed by atoms with Crippen molar-refractivity contribution in [2.75, 3.05) is 12.9 Å². The molecule has 16 heavy (non-hydrogen) atoms. The maximum atomic E-state index is 10.4. The van der Waals surface area contributed by atoms with Crippen LogP contribution in [0.15, 0.2) is 5.16 Å². The predicted octanol–water partition coefficient (Wildman–Crippen LogP) is 0.200. The quantitative estimate of drug-likeness (QED) is 0.740. The van der Waals surface area contributed by atoms with E-state index in [0.29, 0.717) is 5.16 Å². The Morgan fingerprint density at radius 2 is 2.44 bits per heavy atom. The van der Waals surface area contributed by atoms with Gasteiger partial charge in [-0.1, -0.05) is 11.8 Å². The summed E-state index contributed by atoms with van der Waals surface area (Å²) in [5.74, 6) is -0.899. The highest BCUT2D eigenvalue weighted by Crippen LogP contribution is 2.35. The lowest BCUT2D eigenvalue weighted by atomic mass is 9.89. The average molecular weight is 244 g/mol. The molecule has 1 aliphatic rings. The Hall–Kier alpha value is -1.15. The van der Waals surface area contributed by atoms with E-state index in [1.165, 1.54) is 0 Å². The lowest BCUT2D eigenvalue weighted by molar-refractivity contribution is -0.133. The van der Waals surface area contributed by atoms with E-state index in [2.05, 4.69) is 15.5 Å². The zero-order chi connectivity index (χ0) is 11.5. The molecule has 0 aliphatic heterocycles. The van der Waals surface area contributed by atoms with Gasteiger partial charge >= 0.3 is 5.97 Å². The summed E-state index contributed by atoms with van der Waals surface area (Å²) < 4.78 is 6.85. The van der Waals surface area contributed by atoms with Gasteiger partial charge in [-0.15, -0.1) is 5.10 Å². The number of aromatic nitrogens is 4. The van der Waals surface area contributed by atoms with Crippen LogP contribution in [-0.2, 0) is 9.53 Å². The smallest absolute Gasteiger partial charge is 0.313 e. The summed E-state index contributed by atoms with van der Waals surface area (Å²) in [7, 11) is 1.68. The monoisotopic (exact) mass is 244 g/mol. The number of nitrogens with zero attached hydrogens (tertiary/aromatic N) is 4. The normalized spacial score (nSPS) is 24.1. The van der Waals surface area contributed by atoms with Crippen molar-refractivity contribution in [3.05, 3.63) is 0 Å². The van der Waals surface area contributed by atoms with E-state index >= 15 is 0 Å². The second-order valence-corrected chi connectivity index (χ2v) is 4.51. The van der Waals surface area contributed by atoms with E-state index in [1.807, 2.05) is 0 Å². The lowest BCUT2D eigenvalue weighted by Gasteiger charge is -2.33. The Morgan fingerprint density at radius 1 is 1.69 bits per heavy atom. The van der Waals surface area contributed by atoms with Gasteiger partial charge in [0.1, 0.15) is 0 Å². The first-order valence-electron chi connectivity index (χ1n) is 4.86. The van der Waals surface area contributed by atoms with E-state index in [0.717, 1.165) is 24.6 Å². The number of rotatable bonds is 5. The van der Waals surface area contributed by atoms with Gasteiger partial charge in [0.2, 0.25) is 5.16 Å². The molecule has 0 aromatic carbocycles. The van der Waals surface area contributed by atoms with Gasteiger partial charge in [-0.25, -0.2) is 4.68 Å². The number of ether oxygens (including phenoxy) is 1. The van der Waals surface area contributed by atoms with E-state index in [4.69, 9.17) is 9.84 Å². The second kappa shape index (κ2) is 4.79. The molecular weight excluding hydrogens is 232 g/mol. The van der Waals surface area contributed by atoms with Crippen LogP contribution in [0.3, 0.4) is 0 Å². The molecule has 2 rings (SSSR count). The first-order valence-corrected chi connectivity index (χ1v) is 5.84. The zero-order valence-electron chi connectivity index (χ0n) is 8.74. The van der Waals surface area contributed by atoms with Gasteiger partial charge in [-0.05, 0) is 23.3 Å². The number of thioether (sulfide) groups is 1. The molecular formula is C8H12N4O3S. The third kappa shape index (κ3) is 2.33. The molecule has 1 aromatic heterocycles. The number of carboxylic acids is 1. The molecule has 7 nitrogen and oxygen atoms in total. The van der Waals surface area contributed by atoms with Crippen LogP contribution in [0.2, 0.25) is 0 Å².